The van der Waals surface area contributed by atoms with E-state index >= 15 is 0 Å². The lowest BCUT2D eigenvalue weighted by Crippen LogP contribution is -2.54. The molecule has 0 radical (unpaired) electrons. The Balaban J connectivity index is 1.69. The molecule has 6 atom stereocenters. The van der Waals surface area contributed by atoms with Gasteiger partial charge >= 0.3 is 0 Å². The molecule has 3 saturated heterocycles. The van der Waals surface area contributed by atoms with Gasteiger partial charge in [0, 0.05) is 30.7 Å². The summed E-state index contributed by atoms with van der Waals surface area (Å²) in [6.45, 7) is 4.35. The minimum Gasteiger partial charge on any atom is -0.396 e. The van der Waals surface area contributed by atoms with Crippen LogP contribution in [-0.2, 0) is 19.1 Å². The van der Waals surface area contributed by atoms with Crippen molar-refractivity contribution >= 4 is 39.3 Å². The van der Waals surface area contributed by atoms with E-state index < -0.39 is 29.6 Å². The number of ether oxygens (including phenoxy) is 1. The Morgan fingerprint density at radius 1 is 1.24 bits per heavy atom. The molecule has 4 rings (SSSR count). The lowest BCUT2D eigenvalue weighted by Gasteiger charge is -2.34. The van der Waals surface area contributed by atoms with E-state index in [4.69, 9.17) is 9.84 Å². The number of alkyl halides is 1. The van der Waals surface area contributed by atoms with Crippen LogP contribution in [0.5, 0.6) is 0 Å². The molecule has 3 heterocycles. The largest absolute Gasteiger partial charge is 0.396 e. The number of aliphatic hydroxyl groups excluding tert-OH is 1. The van der Waals surface area contributed by atoms with Gasteiger partial charge in [0.05, 0.1) is 17.9 Å². The quantitative estimate of drug-likeness (QED) is 0.357. The second-order valence-electron chi connectivity index (χ2n) is 9.40. The first-order valence-electron chi connectivity index (χ1n) is 11.6. The SMILES string of the molecule is CNC(=O)[C@H]1[C@@H]2OC3(CC2Br)C(C(=O)Nc2cc(C)ccc2C)N(CCCCCO)C(=O)[C@H]13. The number of fused-ring (bicyclic) bond motifs is 1. The zero-order valence-electron chi connectivity index (χ0n) is 19.3. The number of benzene rings is 1. The third kappa shape index (κ3) is 3.98. The van der Waals surface area contributed by atoms with E-state index in [0.29, 0.717) is 31.5 Å². The van der Waals surface area contributed by atoms with Crippen molar-refractivity contribution in [2.75, 3.05) is 25.5 Å². The molecule has 8 nitrogen and oxygen atoms in total. The van der Waals surface area contributed by atoms with Gasteiger partial charge in [-0.2, -0.15) is 0 Å². The summed E-state index contributed by atoms with van der Waals surface area (Å²) in [6.07, 6.45) is 2.07. The Bertz CT molecular complexity index is 956. The minimum absolute atomic E-state index is 0.0891. The van der Waals surface area contributed by atoms with E-state index in [1.165, 1.54) is 0 Å². The Labute approximate surface area is 202 Å². The van der Waals surface area contributed by atoms with Gasteiger partial charge in [-0.15, -0.1) is 0 Å². The number of anilines is 1. The van der Waals surface area contributed by atoms with Crippen LogP contribution in [0.4, 0.5) is 5.69 Å². The molecule has 9 heteroatoms. The highest BCUT2D eigenvalue weighted by Gasteiger charge is 2.76. The summed E-state index contributed by atoms with van der Waals surface area (Å²) in [5, 5.41) is 14.8. The number of aliphatic hydroxyl groups is 1. The van der Waals surface area contributed by atoms with Crippen LogP contribution in [0.1, 0.15) is 36.8 Å². The maximum absolute atomic E-state index is 13.8. The molecule has 3 fully saturated rings. The van der Waals surface area contributed by atoms with Gasteiger partial charge in [0.15, 0.2) is 0 Å². The molecule has 3 aliphatic heterocycles. The molecule has 1 aromatic rings. The van der Waals surface area contributed by atoms with Crippen LogP contribution in [0.2, 0.25) is 0 Å². The maximum atomic E-state index is 13.8. The third-order valence-corrected chi connectivity index (χ3v) is 8.14. The van der Waals surface area contributed by atoms with Crippen molar-refractivity contribution in [2.24, 2.45) is 11.8 Å². The third-order valence-electron chi connectivity index (χ3n) is 7.29. The molecule has 180 valence electrons. The second kappa shape index (κ2) is 9.35. The van der Waals surface area contributed by atoms with Crippen molar-refractivity contribution in [3.05, 3.63) is 29.3 Å². The summed E-state index contributed by atoms with van der Waals surface area (Å²) in [5.74, 6) is -2.06. The van der Waals surface area contributed by atoms with Gasteiger partial charge in [-0.05, 0) is 56.7 Å². The van der Waals surface area contributed by atoms with Crippen molar-refractivity contribution in [3.63, 3.8) is 0 Å². The Hall–Kier alpha value is -1.97. The molecule has 3 N–H and O–H groups in total. The molecule has 2 bridgehead atoms. The molecular weight excluding hydrogens is 490 g/mol. The van der Waals surface area contributed by atoms with Crippen LogP contribution in [0, 0.1) is 25.7 Å². The number of hydrogen-bond donors (Lipinski definition) is 3. The first-order valence-corrected chi connectivity index (χ1v) is 12.5. The lowest BCUT2D eigenvalue weighted by molar-refractivity contribution is -0.140. The Morgan fingerprint density at radius 3 is 2.70 bits per heavy atom. The summed E-state index contributed by atoms with van der Waals surface area (Å²) in [6, 6.07) is 5.02. The first-order chi connectivity index (χ1) is 15.7. The predicted molar refractivity (Wildman–Crippen MR) is 127 cm³/mol. The molecule has 3 unspecified atom stereocenters. The van der Waals surface area contributed by atoms with E-state index in [1.807, 2.05) is 32.0 Å². The van der Waals surface area contributed by atoms with E-state index in [-0.39, 0.29) is 29.2 Å². The predicted octanol–water partition coefficient (Wildman–Crippen LogP) is 1.90. The van der Waals surface area contributed by atoms with Gasteiger partial charge in [0.2, 0.25) is 17.7 Å². The van der Waals surface area contributed by atoms with Gasteiger partial charge in [-0.1, -0.05) is 28.1 Å². The molecular formula is C24H32BrN3O5. The van der Waals surface area contributed by atoms with Crippen molar-refractivity contribution in [2.45, 2.75) is 62.1 Å². The fourth-order valence-corrected chi connectivity index (χ4v) is 6.72. The molecule has 0 aliphatic carbocycles. The number of nitrogens with one attached hydrogen (secondary N) is 2. The van der Waals surface area contributed by atoms with Gasteiger partial charge in [-0.3, -0.25) is 14.4 Å². The van der Waals surface area contributed by atoms with Crippen LogP contribution < -0.4 is 10.6 Å². The maximum Gasteiger partial charge on any atom is 0.250 e. The summed E-state index contributed by atoms with van der Waals surface area (Å²) in [5.41, 5.74) is 1.61. The number of likely N-dealkylation sites (tertiary alicyclic amines) is 1. The smallest absolute Gasteiger partial charge is 0.250 e. The summed E-state index contributed by atoms with van der Waals surface area (Å²) in [4.78, 5) is 41.7. The molecule has 1 spiro atoms. The highest BCUT2D eigenvalue weighted by molar-refractivity contribution is 9.09. The molecule has 33 heavy (non-hydrogen) atoms. The molecule has 3 amide bonds. The van der Waals surface area contributed by atoms with E-state index in [2.05, 4.69) is 26.6 Å². The van der Waals surface area contributed by atoms with Crippen molar-refractivity contribution < 1.29 is 24.2 Å². The number of hydrogen-bond acceptors (Lipinski definition) is 5. The standard InChI is InChI=1S/C24H32BrN3O5/c1-13-7-8-14(2)16(11-13)27-22(31)20-24-12-15(25)19(33-24)17(21(30)26-3)18(24)23(32)28(20)9-5-4-6-10-29/h7-8,11,15,17-20,29H,4-6,9-10,12H2,1-3H3,(H,26,30)(H,27,31)/t15?,17-,18+,19-,20?,24?/m1/s1. The molecule has 0 aromatic heterocycles. The highest BCUT2D eigenvalue weighted by Crippen LogP contribution is 2.60. The average molecular weight is 522 g/mol. The number of unbranched alkanes of at least 4 members (excludes halogenated alkanes) is 2. The van der Waals surface area contributed by atoms with Crippen LogP contribution >= 0.6 is 15.9 Å². The van der Waals surface area contributed by atoms with Crippen LogP contribution in [0.3, 0.4) is 0 Å². The monoisotopic (exact) mass is 521 g/mol. The minimum atomic E-state index is -1.05. The summed E-state index contributed by atoms with van der Waals surface area (Å²) >= 11 is 3.65. The number of aryl methyl sites for hydroxylation is 2. The zero-order valence-corrected chi connectivity index (χ0v) is 20.9. The topological polar surface area (TPSA) is 108 Å². The fraction of sp³-hybridized carbons (Fsp3) is 0.625. The Morgan fingerprint density at radius 2 is 2.00 bits per heavy atom. The number of carbonyl (C=O) groups is 3. The van der Waals surface area contributed by atoms with Gasteiger partial charge in [0.1, 0.15) is 11.6 Å². The number of halogens is 1. The summed E-state index contributed by atoms with van der Waals surface area (Å²) in [7, 11) is 1.56. The fourth-order valence-electron chi connectivity index (χ4n) is 5.78. The normalized spacial score (nSPS) is 32.2. The summed E-state index contributed by atoms with van der Waals surface area (Å²) < 4.78 is 6.41. The Kier molecular flexibility index (Phi) is 6.85. The van der Waals surface area contributed by atoms with Crippen LogP contribution in [-0.4, -0.2) is 70.5 Å². The lowest BCUT2D eigenvalue weighted by atomic mass is 9.70. The number of rotatable bonds is 8. The van der Waals surface area contributed by atoms with E-state index in [9.17, 15) is 14.4 Å². The van der Waals surface area contributed by atoms with Gasteiger partial charge < -0.3 is 25.4 Å². The molecule has 0 saturated carbocycles. The number of amides is 3. The van der Waals surface area contributed by atoms with E-state index in [1.54, 1.807) is 11.9 Å². The highest BCUT2D eigenvalue weighted by atomic mass is 79.9. The zero-order chi connectivity index (χ0) is 23.9. The van der Waals surface area contributed by atoms with Crippen molar-refractivity contribution in [3.8, 4) is 0 Å². The molecule has 1 aromatic carbocycles. The molecule has 3 aliphatic rings. The number of carbonyl (C=O) groups excluding carboxylic acids is 3. The van der Waals surface area contributed by atoms with Gasteiger partial charge in [-0.25, -0.2) is 0 Å². The van der Waals surface area contributed by atoms with Crippen LogP contribution in [0.15, 0.2) is 18.2 Å². The van der Waals surface area contributed by atoms with Gasteiger partial charge in [0.25, 0.3) is 0 Å². The first kappa shape index (κ1) is 24.2. The number of nitrogens with zero attached hydrogens (tertiary/aromatic N) is 1. The second-order valence-corrected chi connectivity index (χ2v) is 10.6. The van der Waals surface area contributed by atoms with E-state index in [0.717, 1.165) is 17.5 Å². The van der Waals surface area contributed by atoms with Crippen LogP contribution in [0.25, 0.3) is 0 Å². The van der Waals surface area contributed by atoms with Crippen molar-refractivity contribution in [1.29, 1.82) is 0 Å². The average Bonchev–Trinajstić information content (AvgIpc) is 3.37. The van der Waals surface area contributed by atoms with Crippen molar-refractivity contribution in [1.82, 2.24) is 10.2 Å².